The number of rotatable bonds is 3. The molecule has 1 atom stereocenters. The summed E-state index contributed by atoms with van der Waals surface area (Å²) in [6, 6.07) is 5.11. The topological polar surface area (TPSA) is 59.1 Å². The lowest BCUT2D eigenvalue weighted by atomic mass is 10.2. The lowest BCUT2D eigenvalue weighted by Gasteiger charge is -2.10. The highest BCUT2D eigenvalue weighted by atomic mass is 32.2. The Hall–Kier alpha value is -0.940. The van der Waals surface area contributed by atoms with Crippen LogP contribution in [-0.2, 0) is 10.0 Å². The minimum atomic E-state index is -3.16. The first-order chi connectivity index (χ1) is 5.99. The van der Waals surface area contributed by atoms with E-state index in [4.69, 9.17) is 0 Å². The molecule has 4 nitrogen and oxygen atoms in total. The van der Waals surface area contributed by atoms with Crippen molar-refractivity contribution in [2.45, 2.75) is 13.0 Å². The second-order valence-corrected chi connectivity index (χ2v) is 4.65. The summed E-state index contributed by atoms with van der Waals surface area (Å²) in [7, 11) is -3.16. The molecule has 0 radical (unpaired) electrons. The Morgan fingerprint density at radius 3 is 2.62 bits per heavy atom. The molecule has 0 aliphatic carbocycles. The van der Waals surface area contributed by atoms with Crippen LogP contribution in [0.1, 0.15) is 18.7 Å². The lowest BCUT2D eigenvalue weighted by Crippen LogP contribution is -2.25. The van der Waals surface area contributed by atoms with Crippen molar-refractivity contribution in [3.63, 3.8) is 0 Å². The van der Waals surface area contributed by atoms with Crippen molar-refractivity contribution in [1.82, 2.24) is 9.71 Å². The fraction of sp³-hybridized carbons (Fsp3) is 0.375. The van der Waals surface area contributed by atoms with Gasteiger partial charge in [-0.3, -0.25) is 4.98 Å². The number of hydrogen-bond acceptors (Lipinski definition) is 3. The molecule has 1 N–H and O–H groups in total. The van der Waals surface area contributed by atoms with Crippen molar-refractivity contribution in [2.75, 3.05) is 6.26 Å². The van der Waals surface area contributed by atoms with Crippen LogP contribution in [0.4, 0.5) is 0 Å². The molecule has 1 aromatic rings. The molecule has 0 bridgehead atoms. The van der Waals surface area contributed by atoms with Gasteiger partial charge in [0, 0.05) is 6.20 Å². The average molecular weight is 200 g/mol. The second-order valence-electron chi connectivity index (χ2n) is 2.87. The van der Waals surface area contributed by atoms with Crippen LogP contribution in [0, 0.1) is 0 Å². The third-order valence-electron chi connectivity index (χ3n) is 1.52. The molecule has 1 rings (SSSR count). The van der Waals surface area contributed by atoms with Gasteiger partial charge in [0.1, 0.15) is 0 Å². The van der Waals surface area contributed by atoms with Gasteiger partial charge >= 0.3 is 0 Å². The van der Waals surface area contributed by atoms with Gasteiger partial charge in [-0.25, -0.2) is 13.1 Å². The minimum Gasteiger partial charge on any atom is -0.260 e. The molecule has 0 aliphatic rings. The number of pyridine rings is 1. The van der Waals surface area contributed by atoms with E-state index in [1.165, 1.54) is 0 Å². The summed E-state index contributed by atoms with van der Waals surface area (Å²) < 4.78 is 24.2. The molecule has 1 aromatic heterocycles. The van der Waals surface area contributed by atoms with Crippen LogP contribution in [-0.4, -0.2) is 19.7 Å². The highest BCUT2D eigenvalue weighted by Gasteiger charge is 2.10. The van der Waals surface area contributed by atoms with Crippen LogP contribution in [0.15, 0.2) is 24.4 Å². The van der Waals surface area contributed by atoms with Crippen molar-refractivity contribution in [1.29, 1.82) is 0 Å². The first kappa shape index (κ1) is 10.1. The highest BCUT2D eigenvalue weighted by Crippen LogP contribution is 2.08. The fourth-order valence-corrected chi connectivity index (χ4v) is 1.78. The van der Waals surface area contributed by atoms with Gasteiger partial charge < -0.3 is 0 Å². The van der Waals surface area contributed by atoms with Crippen molar-refractivity contribution in [3.05, 3.63) is 30.1 Å². The number of aromatic nitrogens is 1. The molecule has 13 heavy (non-hydrogen) atoms. The highest BCUT2D eigenvalue weighted by molar-refractivity contribution is 7.88. The SMILES string of the molecule is CC(NS(C)(=O)=O)c1ccccn1. The Balaban J connectivity index is 2.76. The zero-order valence-electron chi connectivity index (χ0n) is 7.56. The van der Waals surface area contributed by atoms with E-state index in [2.05, 4.69) is 9.71 Å². The Bertz CT molecular complexity index is 361. The van der Waals surface area contributed by atoms with Crippen LogP contribution >= 0.6 is 0 Å². The van der Waals surface area contributed by atoms with Crippen LogP contribution < -0.4 is 4.72 Å². The molecule has 5 heteroatoms. The first-order valence-corrected chi connectivity index (χ1v) is 5.76. The summed E-state index contributed by atoms with van der Waals surface area (Å²) in [5.41, 5.74) is 0.716. The summed E-state index contributed by atoms with van der Waals surface area (Å²) in [5, 5.41) is 0. The number of sulfonamides is 1. The molecule has 0 aliphatic heterocycles. The molecule has 0 spiro atoms. The van der Waals surface area contributed by atoms with Crippen molar-refractivity contribution in [3.8, 4) is 0 Å². The number of nitrogens with zero attached hydrogens (tertiary/aromatic N) is 1. The van der Waals surface area contributed by atoms with Crippen LogP contribution in [0.2, 0.25) is 0 Å². The van der Waals surface area contributed by atoms with Crippen LogP contribution in [0.25, 0.3) is 0 Å². The average Bonchev–Trinajstić information content (AvgIpc) is 2.03. The third-order valence-corrected chi connectivity index (χ3v) is 2.30. The minimum absolute atomic E-state index is 0.281. The van der Waals surface area contributed by atoms with E-state index in [9.17, 15) is 8.42 Å². The Morgan fingerprint density at radius 1 is 1.46 bits per heavy atom. The lowest BCUT2D eigenvalue weighted by molar-refractivity contribution is 0.570. The van der Waals surface area contributed by atoms with Crippen molar-refractivity contribution < 1.29 is 8.42 Å². The maximum atomic E-state index is 10.9. The van der Waals surface area contributed by atoms with Gasteiger partial charge in [0.2, 0.25) is 10.0 Å². The van der Waals surface area contributed by atoms with E-state index in [0.717, 1.165) is 6.26 Å². The molecule has 0 aromatic carbocycles. The molecule has 0 saturated carbocycles. The molecule has 0 amide bonds. The van der Waals surface area contributed by atoms with Crippen LogP contribution in [0.3, 0.4) is 0 Å². The maximum absolute atomic E-state index is 10.9. The van der Waals surface area contributed by atoms with E-state index < -0.39 is 10.0 Å². The fourth-order valence-electron chi connectivity index (χ4n) is 1.01. The largest absolute Gasteiger partial charge is 0.260 e. The first-order valence-electron chi connectivity index (χ1n) is 3.87. The predicted molar refractivity (Wildman–Crippen MR) is 50.6 cm³/mol. The van der Waals surface area contributed by atoms with Gasteiger partial charge in [-0.15, -0.1) is 0 Å². The third kappa shape index (κ3) is 3.52. The zero-order valence-corrected chi connectivity index (χ0v) is 8.38. The van der Waals surface area contributed by atoms with Crippen molar-refractivity contribution >= 4 is 10.0 Å². The van der Waals surface area contributed by atoms with Gasteiger partial charge in [-0.2, -0.15) is 0 Å². The summed E-state index contributed by atoms with van der Waals surface area (Å²) in [6.07, 6.45) is 2.77. The van der Waals surface area contributed by atoms with Gasteiger partial charge in [0.15, 0.2) is 0 Å². The van der Waals surface area contributed by atoms with Crippen LogP contribution in [0.5, 0.6) is 0 Å². The molecule has 1 unspecified atom stereocenters. The monoisotopic (exact) mass is 200 g/mol. The normalized spacial score (nSPS) is 14.0. The van der Waals surface area contributed by atoms with Crippen molar-refractivity contribution in [2.24, 2.45) is 0 Å². The molecular weight excluding hydrogens is 188 g/mol. The summed E-state index contributed by atoms with van der Waals surface area (Å²) in [5.74, 6) is 0. The second kappa shape index (κ2) is 3.85. The summed E-state index contributed by atoms with van der Waals surface area (Å²) >= 11 is 0. The van der Waals surface area contributed by atoms with Gasteiger partial charge in [-0.1, -0.05) is 6.07 Å². The molecule has 0 saturated heterocycles. The smallest absolute Gasteiger partial charge is 0.209 e. The van der Waals surface area contributed by atoms with E-state index in [0.29, 0.717) is 5.69 Å². The number of hydrogen-bond donors (Lipinski definition) is 1. The van der Waals surface area contributed by atoms with E-state index in [1.807, 2.05) is 6.07 Å². The number of nitrogens with one attached hydrogen (secondary N) is 1. The van der Waals surface area contributed by atoms with Gasteiger partial charge in [0.05, 0.1) is 18.0 Å². The zero-order chi connectivity index (χ0) is 9.90. The standard InChI is InChI=1S/C8H12N2O2S/c1-7(10-13(2,11)12)8-5-3-4-6-9-8/h3-7,10H,1-2H3. The summed E-state index contributed by atoms with van der Waals surface area (Å²) in [6.45, 7) is 1.75. The van der Waals surface area contributed by atoms with E-state index >= 15 is 0 Å². The van der Waals surface area contributed by atoms with E-state index in [1.54, 1.807) is 25.3 Å². The Labute approximate surface area is 78.1 Å². The molecular formula is C8H12N2O2S. The van der Waals surface area contributed by atoms with E-state index in [-0.39, 0.29) is 6.04 Å². The van der Waals surface area contributed by atoms with Gasteiger partial charge in [0.25, 0.3) is 0 Å². The summed E-state index contributed by atoms with van der Waals surface area (Å²) in [4.78, 5) is 4.04. The Morgan fingerprint density at radius 2 is 2.15 bits per heavy atom. The molecule has 72 valence electrons. The molecule has 0 fully saturated rings. The van der Waals surface area contributed by atoms with Gasteiger partial charge in [-0.05, 0) is 19.1 Å². The maximum Gasteiger partial charge on any atom is 0.209 e. The predicted octanol–water partition coefficient (Wildman–Crippen LogP) is 0.692. The molecule has 1 heterocycles. The Kier molecular flexibility index (Phi) is 3.00. The quantitative estimate of drug-likeness (QED) is 0.781.